The van der Waals surface area contributed by atoms with E-state index >= 15 is 0 Å². The van der Waals surface area contributed by atoms with Crippen LogP contribution in [0.2, 0.25) is 0 Å². The SMILES string of the molecule is CC(CN1C[C@@H]2CC(O)(Cc3c(F)cccc3F)C[C@@H]2C1)c1ccc(O)cn1. The molecule has 4 rings (SSSR count). The first kappa shape index (κ1) is 19.3. The van der Waals surface area contributed by atoms with Crippen LogP contribution < -0.4 is 0 Å². The minimum absolute atomic E-state index is 0.00569. The average molecular weight is 388 g/mol. The number of rotatable bonds is 5. The fraction of sp³-hybridized carbons (Fsp3) is 0.500. The molecule has 1 saturated carbocycles. The van der Waals surface area contributed by atoms with Crippen LogP contribution in [-0.2, 0) is 6.42 Å². The molecule has 2 N–H and O–H groups in total. The van der Waals surface area contributed by atoms with Gasteiger partial charge in [0.05, 0.1) is 11.8 Å². The molecule has 1 aromatic carbocycles. The van der Waals surface area contributed by atoms with Gasteiger partial charge in [-0.05, 0) is 48.9 Å². The molecule has 4 nitrogen and oxygen atoms in total. The normalized spacial score (nSPS) is 28.4. The van der Waals surface area contributed by atoms with Crippen LogP contribution in [0.5, 0.6) is 5.75 Å². The molecule has 2 fully saturated rings. The lowest BCUT2D eigenvalue weighted by Gasteiger charge is -2.27. The fourth-order valence-electron chi connectivity index (χ4n) is 5.05. The summed E-state index contributed by atoms with van der Waals surface area (Å²) in [7, 11) is 0. The van der Waals surface area contributed by atoms with Crippen LogP contribution >= 0.6 is 0 Å². The van der Waals surface area contributed by atoms with Crippen molar-refractivity contribution in [1.82, 2.24) is 9.88 Å². The van der Waals surface area contributed by atoms with Crippen LogP contribution in [0.25, 0.3) is 0 Å². The van der Waals surface area contributed by atoms with Gasteiger partial charge in [-0.25, -0.2) is 8.78 Å². The van der Waals surface area contributed by atoms with Crippen LogP contribution in [0, 0.1) is 23.5 Å². The molecule has 2 aromatic rings. The van der Waals surface area contributed by atoms with E-state index in [2.05, 4.69) is 16.8 Å². The number of hydrogen-bond donors (Lipinski definition) is 2. The van der Waals surface area contributed by atoms with Crippen molar-refractivity contribution >= 4 is 0 Å². The summed E-state index contributed by atoms with van der Waals surface area (Å²) >= 11 is 0. The third-order valence-electron chi connectivity index (χ3n) is 6.31. The molecule has 150 valence electrons. The molecule has 2 heterocycles. The summed E-state index contributed by atoms with van der Waals surface area (Å²) in [6.07, 6.45) is 2.65. The second kappa shape index (κ2) is 7.41. The zero-order valence-electron chi connectivity index (χ0n) is 16.0. The number of aromatic nitrogens is 1. The van der Waals surface area contributed by atoms with Crippen molar-refractivity contribution in [2.75, 3.05) is 19.6 Å². The zero-order chi connectivity index (χ0) is 19.9. The summed E-state index contributed by atoms with van der Waals surface area (Å²) in [5.41, 5.74) is -0.0931. The Labute approximate surface area is 163 Å². The van der Waals surface area contributed by atoms with E-state index in [0.29, 0.717) is 24.7 Å². The lowest BCUT2D eigenvalue weighted by molar-refractivity contribution is 0.0336. The van der Waals surface area contributed by atoms with Gasteiger partial charge in [0.1, 0.15) is 17.4 Å². The van der Waals surface area contributed by atoms with Gasteiger partial charge >= 0.3 is 0 Å². The van der Waals surface area contributed by atoms with Gasteiger partial charge in [0.25, 0.3) is 0 Å². The Morgan fingerprint density at radius 3 is 2.36 bits per heavy atom. The van der Waals surface area contributed by atoms with E-state index in [4.69, 9.17) is 0 Å². The van der Waals surface area contributed by atoms with Gasteiger partial charge in [0.2, 0.25) is 0 Å². The summed E-state index contributed by atoms with van der Waals surface area (Å²) in [6.45, 7) is 4.75. The highest BCUT2D eigenvalue weighted by molar-refractivity contribution is 5.23. The Kier molecular flexibility index (Phi) is 5.10. The van der Waals surface area contributed by atoms with Gasteiger partial charge in [-0.1, -0.05) is 13.0 Å². The monoisotopic (exact) mass is 388 g/mol. The Morgan fingerprint density at radius 2 is 1.79 bits per heavy atom. The number of benzene rings is 1. The van der Waals surface area contributed by atoms with E-state index in [0.717, 1.165) is 25.3 Å². The molecule has 1 aliphatic carbocycles. The van der Waals surface area contributed by atoms with E-state index in [1.54, 1.807) is 6.07 Å². The molecule has 0 amide bonds. The molecule has 1 aliphatic heterocycles. The van der Waals surface area contributed by atoms with Crippen molar-refractivity contribution in [3.05, 3.63) is 59.4 Å². The van der Waals surface area contributed by atoms with Gasteiger partial charge in [0, 0.05) is 43.2 Å². The summed E-state index contributed by atoms with van der Waals surface area (Å²) < 4.78 is 27.9. The molecule has 0 spiro atoms. The second-order valence-electron chi connectivity index (χ2n) is 8.59. The second-order valence-corrected chi connectivity index (χ2v) is 8.59. The molecular weight excluding hydrogens is 362 g/mol. The predicted octanol–water partition coefficient (Wildman–Crippen LogP) is 3.48. The van der Waals surface area contributed by atoms with E-state index < -0.39 is 17.2 Å². The van der Waals surface area contributed by atoms with E-state index in [1.807, 2.05) is 6.07 Å². The van der Waals surface area contributed by atoms with Crippen molar-refractivity contribution in [2.45, 2.75) is 37.7 Å². The molecule has 0 radical (unpaired) electrons. The highest BCUT2D eigenvalue weighted by Gasteiger charge is 2.48. The Balaban J connectivity index is 1.36. The lowest BCUT2D eigenvalue weighted by atomic mass is 9.90. The quantitative estimate of drug-likeness (QED) is 0.823. The number of halogens is 2. The van der Waals surface area contributed by atoms with Gasteiger partial charge in [-0.2, -0.15) is 0 Å². The standard InChI is InChI=1S/C22H26F2N2O2/c1-14(21-6-5-17(27)10-25-21)11-26-12-15-7-22(28,8-16(15)13-26)9-18-19(23)3-2-4-20(18)24/h2-6,10,14-16,27-28H,7-9,11-13H2,1H3/t14?,15-,16+,22?. The minimum Gasteiger partial charge on any atom is -0.506 e. The maximum absolute atomic E-state index is 14.0. The highest BCUT2D eigenvalue weighted by Crippen LogP contribution is 2.46. The molecule has 0 bridgehead atoms. The van der Waals surface area contributed by atoms with Crippen LogP contribution in [-0.4, -0.2) is 45.3 Å². The maximum atomic E-state index is 14.0. The number of hydrogen-bond acceptors (Lipinski definition) is 4. The number of aliphatic hydroxyl groups is 1. The smallest absolute Gasteiger partial charge is 0.133 e. The largest absolute Gasteiger partial charge is 0.506 e. The molecule has 2 unspecified atom stereocenters. The van der Waals surface area contributed by atoms with E-state index in [9.17, 15) is 19.0 Å². The first-order valence-electron chi connectivity index (χ1n) is 9.85. The zero-order valence-corrected chi connectivity index (χ0v) is 16.0. The van der Waals surface area contributed by atoms with E-state index in [1.165, 1.54) is 24.4 Å². The number of likely N-dealkylation sites (tertiary alicyclic amines) is 1. The minimum atomic E-state index is -1.03. The van der Waals surface area contributed by atoms with Gasteiger partial charge < -0.3 is 15.1 Å². The van der Waals surface area contributed by atoms with Gasteiger partial charge in [-0.15, -0.1) is 0 Å². The molecule has 6 heteroatoms. The summed E-state index contributed by atoms with van der Waals surface area (Å²) in [5, 5.41) is 20.4. The summed E-state index contributed by atoms with van der Waals surface area (Å²) in [5.74, 6) is -0.0626. The van der Waals surface area contributed by atoms with Crippen molar-refractivity contribution < 1.29 is 19.0 Å². The van der Waals surface area contributed by atoms with Crippen molar-refractivity contribution in [3.8, 4) is 5.75 Å². The van der Waals surface area contributed by atoms with Crippen molar-refractivity contribution in [2.24, 2.45) is 11.8 Å². The number of pyridine rings is 1. The third kappa shape index (κ3) is 3.89. The Hall–Kier alpha value is -2.05. The topological polar surface area (TPSA) is 56.6 Å². The first-order chi connectivity index (χ1) is 13.3. The third-order valence-corrected chi connectivity index (χ3v) is 6.31. The summed E-state index contributed by atoms with van der Waals surface area (Å²) in [6, 6.07) is 7.35. The molecule has 4 atom stereocenters. The molecule has 28 heavy (non-hydrogen) atoms. The predicted molar refractivity (Wildman–Crippen MR) is 102 cm³/mol. The Morgan fingerprint density at radius 1 is 1.14 bits per heavy atom. The van der Waals surface area contributed by atoms with Crippen LogP contribution in [0.3, 0.4) is 0 Å². The average Bonchev–Trinajstić information content (AvgIpc) is 3.13. The first-order valence-corrected chi connectivity index (χ1v) is 9.85. The van der Waals surface area contributed by atoms with Gasteiger partial charge in [0.15, 0.2) is 0 Å². The lowest BCUT2D eigenvalue weighted by Crippen LogP contribution is -2.33. The molecule has 2 aliphatic rings. The number of aromatic hydroxyl groups is 1. The molecule has 1 aromatic heterocycles. The van der Waals surface area contributed by atoms with Crippen LogP contribution in [0.4, 0.5) is 8.78 Å². The number of fused-ring (bicyclic) bond motifs is 1. The molecule has 1 saturated heterocycles. The van der Waals surface area contributed by atoms with Crippen LogP contribution in [0.1, 0.15) is 36.9 Å². The molecular formula is C22H26F2N2O2. The van der Waals surface area contributed by atoms with E-state index in [-0.39, 0.29) is 23.7 Å². The summed E-state index contributed by atoms with van der Waals surface area (Å²) in [4.78, 5) is 6.68. The number of nitrogens with zero attached hydrogens (tertiary/aromatic N) is 2. The van der Waals surface area contributed by atoms with Crippen molar-refractivity contribution in [1.29, 1.82) is 0 Å². The van der Waals surface area contributed by atoms with Crippen LogP contribution in [0.15, 0.2) is 36.5 Å². The Bertz CT molecular complexity index is 809. The maximum Gasteiger partial charge on any atom is 0.133 e. The van der Waals surface area contributed by atoms with Gasteiger partial charge in [-0.3, -0.25) is 4.98 Å². The fourth-order valence-corrected chi connectivity index (χ4v) is 5.05. The highest BCUT2D eigenvalue weighted by atomic mass is 19.1. The van der Waals surface area contributed by atoms with Crippen molar-refractivity contribution in [3.63, 3.8) is 0 Å².